The van der Waals surface area contributed by atoms with Gasteiger partial charge in [0.25, 0.3) is 0 Å². The Balaban J connectivity index is 1.62. The second-order valence-corrected chi connectivity index (χ2v) is 6.10. The molecule has 0 unspecified atom stereocenters. The van der Waals surface area contributed by atoms with Gasteiger partial charge in [0, 0.05) is 23.3 Å². The number of fused-ring (bicyclic) bond motifs is 1. The molecule has 124 valence electrons. The van der Waals surface area contributed by atoms with Crippen molar-refractivity contribution >= 4 is 34.6 Å². The number of rotatable bonds is 5. The fourth-order valence-corrected chi connectivity index (χ4v) is 2.71. The Labute approximate surface area is 145 Å². The molecule has 0 aliphatic carbocycles. The highest BCUT2D eigenvalue weighted by atomic mass is 35.5. The van der Waals surface area contributed by atoms with E-state index in [0.717, 1.165) is 23.2 Å². The minimum atomic E-state index is -0.127. The number of aryl methyl sites for hydroxylation is 3. The fourth-order valence-electron chi connectivity index (χ4n) is 2.57. The number of carbonyl (C=O) groups is 1. The molecule has 0 bridgehead atoms. The zero-order chi connectivity index (χ0) is 17.1. The van der Waals surface area contributed by atoms with E-state index in [9.17, 15) is 4.79 Å². The van der Waals surface area contributed by atoms with Crippen molar-refractivity contribution in [2.24, 2.45) is 0 Å². The maximum atomic E-state index is 12.0. The number of nitrogens with one attached hydrogen (secondary N) is 1. The molecule has 24 heavy (non-hydrogen) atoms. The number of hydrogen-bond donors (Lipinski definition) is 1. The molecule has 5 nitrogen and oxygen atoms in total. The van der Waals surface area contributed by atoms with Crippen LogP contribution in [0, 0.1) is 13.8 Å². The van der Waals surface area contributed by atoms with E-state index in [-0.39, 0.29) is 11.9 Å². The van der Waals surface area contributed by atoms with Gasteiger partial charge >= 0.3 is 6.01 Å². The van der Waals surface area contributed by atoms with Gasteiger partial charge in [0.05, 0.1) is 0 Å². The third kappa shape index (κ3) is 3.57. The molecule has 1 aromatic carbocycles. The first-order valence-electron chi connectivity index (χ1n) is 7.80. The molecule has 2 heterocycles. The van der Waals surface area contributed by atoms with E-state index < -0.39 is 0 Å². The van der Waals surface area contributed by atoms with Gasteiger partial charge in [-0.15, -0.1) is 0 Å². The summed E-state index contributed by atoms with van der Waals surface area (Å²) in [5, 5.41) is 3.37. The molecule has 0 aliphatic rings. The Bertz CT molecular complexity index is 875. The summed E-state index contributed by atoms with van der Waals surface area (Å²) in [5.41, 5.74) is 4.05. The molecule has 3 aromatic rings. The molecular formula is C18H18ClN3O2. The number of carbonyl (C=O) groups excluding carboxylic acids is 1. The van der Waals surface area contributed by atoms with Crippen LogP contribution in [0.25, 0.3) is 11.1 Å². The highest BCUT2D eigenvalue weighted by molar-refractivity contribution is 6.33. The van der Waals surface area contributed by atoms with E-state index in [4.69, 9.17) is 16.0 Å². The second kappa shape index (κ2) is 7.01. The van der Waals surface area contributed by atoms with Gasteiger partial charge in [0.15, 0.2) is 5.58 Å². The first-order valence-corrected chi connectivity index (χ1v) is 8.18. The lowest BCUT2D eigenvalue weighted by molar-refractivity contribution is -0.116. The number of halogens is 1. The number of anilines is 1. The lowest BCUT2D eigenvalue weighted by Gasteiger charge is -2.01. The highest BCUT2D eigenvalue weighted by Gasteiger charge is 2.14. The normalized spacial score (nSPS) is 11.0. The van der Waals surface area contributed by atoms with Crippen molar-refractivity contribution in [3.8, 4) is 0 Å². The monoisotopic (exact) mass is 343 g/mol. The molecule has 0 saturated carbocycles. The molecule has 0 spiro atoms. The maximum Gasteiger partial charge on any atom is 0.302 e. The number of nitrogens with zero attached hydrogens (tertiary/aromatic N) is 2. The van der Waals surface area contributed by atoms with Gasteiger partial charge in [-0.2, -0.15) is 4.98 Å². The van der Waals surface area contributed by atoms with Crippen molar-refractivity contribution in [3.05, 3.63) is 52.3 Å². The van der Waals surface area contributed by atoms with Gasteiger partial charge in [-0.1, -0.05) is 17.7 Å². The molecule has 2 aromatic heterocycles. The molecule has 3 rings (SSSR count). The Hall–Kier alpha value is -2.40. The third-order valence-electron chi connectivity index (χ3n) is 3.84. The number of hydrogen-bond acceptors (Lipinski definition) is 4. The maximum absolute atomic E-state index is 12.0. The van der Waals surface area contributed by atoms with Gasteiger partial charge in [0.1, 0.15) is 5.52 Å². The molecule has 6 heteroatoms. The minimum Gasteiger partial charge on any atom is -0.423 e. The average molecular weight is 344 g/mol. The molecule has 1 N–H and O–H groups in total. The number of aromatic nitrogens is 2. The molecule has 0 aliphatic heterocycles. The molecule has 1 amide bonds. The summed E-state index contributed by atoms with van der Waals surface area (Å²) in [4.78, 5) is 20.6. The Morgan fingerprint density at radius 3 is 2.92 bits per heavy atom. The van der Waals surface area contributed by atoms with Crippen molar-refractivity contribution in [1.82, 2.24) is 9.97 Å². The summed E-state index contributed by atoms with van der Waals surface area (Å²) in [6, 6.07) is 7.80. The molecule has 0 atom stereocenters. The van der Waals surface area contributed by atoms with E-state index in [1.54, 1.807) is 6.20 Å². The van der Waals surface area contributed by atoms with Crippen molar-refractivity contribution in [1.29, 1.82) is 0 Å². The number of benzene rings is 1. The van der Waals surface area contributed by atoms with E-state index in [1.165, 1.54) is 0 Å². The molecule has 0 saturated heterocycles. The van der Waals surface area contributed by atoms with Gasteiger partial charge < -0.3 is 4.42 Å². The number of amides is 1. The van der Waals surface area contributed by atoms with Crippen molar-refractivity contribution < 1.29 is 9.21 Å². The first-order chi connectivity index (χ1) is 11.5. The van der Waals surface area contributed by atoms with E-state index in [1.807, 2.05) is 38.1 Å². The average Bonchev–Trinajstić information content (AvgIpc) is 2.96. The van der Waals surface area contributed by atoms with Crippen LogP contribution in [0.5, 0.6) is 0 Å². The van der Waals surface area contributed by atoms with Gasteiger partial charge in [-0.05, 0) is 56.0 Å². The fraction of sp³-hybridized carbons (Fsp3) is 0.278. The molecular weight excluding hydrogens is 326 g/mol. The topological polar surface area (TPSA) is 68.0 Å². The minimum absolute atomic E-state index is 0.127. The second-order valence-electron chi connectivity index (χ2n) is 5.72. The Kier molecular flexibility index (Phi) is 4.81. The molecule has 0 fully saturated rings. The van der Waals surface area contributed by atoms with Crippen LogP contribution in [0.15, 0.2) is 34.9 Å². The summed E-state index contributed by atoms with van der Waals surface area (Å²) >= 11 is 6.22. The standard InChI is InChI=1S/C18H18ClN3O2/c1-11-10-14-17(12(2)16(11)19)22-18(24-14)21-15(23)8-5-7-13-6-3-4-9-20-13/h3-4,6,9-10H,5,7-8H2,1-2H3,(H,21,22,23). The van der Waals surface area contributed by atoms with Crippen molar-refractivity contribution in [2.45, 2.75) is 33.1 Å². The van der Waals surface area contributed by atoms with Crippen LogP contribution < -0.4 is 5.32 Å². The summed E-state index contributed by atoms with van der Waals surface area (Å²) < 4.78 is 5.61. The number of pyridine rings is 1. The number of oxazole rings is 1. The van der Waals surface area contributed by atoms with Crippen LogP contribution in [-0.2, 0) is 11.2 Å². The predicted molar refractivity (Wildman–Crippen MR) is 94.3 cm³/mol. The quantitative estimate of drug-likeness (QED) is 0.742. The summed E-state index contributed by atoms with van der Waals surface area (Å²) in [5.74, 6) is -0.127. The lowest BCUT2D eigenvalue weighted by Crippen LogP contribution is -2.11. The van der Waals surface area contributed by atoms with Crippen LogP contribution in [0.2, 0.25) is 5.02 Å². The summed E-state index contributed by atoms with van der Waals surface area (Å²) in [6.07, 6.45) is 3.61. The van der Waals surface area contributed by atoms with Gasteiger partial charge in [-0.3, -0.25) is 15.1 Å². The molecule has 0 radical (unpaired) electrons. The van der Waals surface area contributed by atoms with E-state index in [2.05, 4.69) is 15.3 Å². The van der Waals surface area contributed by atoms with Crippen LogP contribution in [0.3, 0.4) is 0 Å². The summed E-state index contributed by atoms with van der Waals surface area (Å²) in [6.45, 7) is 3.80. The Morgan fingerprint density at radius 2 is 2.17 bits per heavy atom. The third-order valence-corrected chi connectivity index (χ3v) is 4.42. The largest absolute Gasteiger partial charge is 0.423 e. The SMILES string of the molecule is Cc1cc2oc(NC(=O)CCCc3ccccn3)nc2c(C)c1Cl. The van der Waals surface area contributed by atoms with Crippen LogP contribution in [0.4, 0.5) is 6.01 Å². The zero-order valence-corrected chi connectivity index (χ0v) is 14.4. The predicted octanol–water partition coefficient (Wildman–Crippen LogP) is 4.45. The van der Waals surface area contributed by atoms with Gasteiger partial charge in [-0.25, -0.2) is 0 Å². The van der Waals surface area contributed by atoms with Crippen LogP contribution in [-0.4, -0.2) is 15.9 Å². The highest BCUT2D eigenvalue weighted by Crippen LogP contribution is 2.30. The van der Waals surface area contributed by atoms with Crippen LogP contribution in [0.1, 0.15) is 29.7 Å². The van der Waals surface area contributed by atoms with Gasteiger partial charge in [0.2, 0.25) is 5.91 Å². The lowest BCUT2D eigenvalue weighted by atomic mass is 10.1. The smallest absolute Gasteiger partial charge is 0.302 e. The Morgan fingerprint density at radius 1 is 1.33 bits per heavy atom. The van der Waals surface area contributed by atoms with E-state index in [0.29, 0.717) is 29.0 Å². The van der Waals surface area contributed by atoms with Crippen LogP contribution >= 0.6 is 11.6 Å². The van der Waals surface area contributed by atoms with Crippen molar-refractivity contribution in [2.75, 3.05) is 5.32 Å². The van der Waals surface area contributed by atoms with Crippen molar-refractivity contribution in [3.63, 3.8) is 0 Å². The van der Waals surface area contributed by atoms with E-state index >= 15 is 0 Å². The zero-order valence-electron chi connectivity index (χ0n) is 13.6. The summed E-state index contributed by atoms with van der Waals surface area (Å²) in [7, 11) is 0. The first kappa shape index (κ1) is 16.5.